The summed E-state index contributed by atoms with van der Waals surface area (Å²) in [6, 6.07) is 14.6. The van der Waals surface area contributed by atoms with Crippen LogP contribution in [0, 0.1) is 0 Å². The monoisotopic (exact) mass is 405 g/mol. The summed E-state index contributed by atoms with van der Waals surface area (Å²) < 4.78 is 29.1. The highest BCUT2D eigenvalue weighted by molar-refractivity contribution is 5.95. The van der Waals surface area contributed by atoms with E-state index in [1.54, 1.807) is 12.1 Å². The maximum atomic E-state index is 12.3. The second-order valence-corrected chi connectivity index (χ2v) is 7.42. The standard InChI is InChI=1S/C21H25F2N3O3/c1-21(2,3)26-20(28)25-17(27)13-24-18(14-7-5-4-6-8-14)15-9-11-16(12-10-15)29-19(22)23/h4-12,18-19,24H,13H2,1-3H3,(H2,25,26,27,28)/t18-/m1/s1. The zero-order valence-corrected chi connectivity index (χ0v) is 16.5. The third-order valence-electron chi connectivity index (χ3n) is 3.78. The molecule has 8 heteroatoms. The largest absolute Gasteiger partial charge is 0.435 e. The Kier molecular flexibility index (Phi) is 7.67. The number of hydrogen-bond acceptors (Lipinski definition) is 4. The van der Waals surface area contributed by atoms with Gasteiger partial charge in [0.25, 0.3) is 0 Å². The first-order chi connectivity index (χ1) is 13.6. The summed E-state index contributed by atoms with van der Waals surface area (Å²) in [4.78, 5) is 24.0. The van der Waals surface area contributed by atoms with Gasteiger partial charge in [0.15, 0.2) is 0 Å². The summed E-state index contributed by atoms with van der Waals surface area (Å²) in [7, 11) is 0. The minimum atomic E-state index is -2.90. The minimum Gasteiger partial charge on any atom is -0.435 e. The zero-order valence-electron chi connectivity index (χ0n) is 16.5. The van der Waals surface area contributed by atoms with Crippen LogP contribution < -0.4 is 20.7 Å². The molecule has 3 N–H and O–H groups in total. The van der Waals surface area contributed by atoms with Crippen LogP contribution >= 0.6 is 0 Å². The summed E-state index contributed by atoms with van der Waals surface area (Å²) in [6.07, 6.45) is 0. The van der Waals surface area contributed by atoms with E-state index in [4.69, 9.17) is 0 Å². The SMILES string of the molecule is CC(C)(C)NC(=O)NC(=O)CN[C@H](c1ccccc1)c1ccc(OC(F)F)cc1. The van der Waals surface area contributed by atoms with Crippen LogP contribution in [0.2, 0.25) is 0 Å². The maximum absolute atomic E-state index is 12.3. The van der Waals surface area contributed by atoms with Crippen molar-refractivity contribution in [2.75, 3.05) is 6.54 Å². The number of benzene rings is 2. The van der Waals surface area contributed by atoms with Crippen LogP contribution in [0.4, 0.5) is 13.6 Å². The van der Waals surface area contributed by atoms with Gasteiger partial charge in [0, 0.05) is 5.54 Å². The number of nitrogens with one attached hydrogen (secondary N) is 3. The van der Waals surface area contributed by atoms with Crippen LogP contribution in [0.15, 0.2) is 54.6 Å². The first kappa shape index (κ1) is 22.3. The number of urea groups is 1. The fourth-order valence-corrected chi connectivity index (χ4v) is 2.65. The lowest BCUT2D eigenvalue weighted by molar-refractivity contribution is -0.119. The molecule has 29 heavy (non-hydrogen) atoms. The van der Waals surface area contributed by atoms with Crippen molar-refractivity contribution in [1.29, 1.82) is 0 Å². The molecule has 0 heterocycles. The van der Waals surface area contributed by atoms with Crippen molar-refractivity contribution in [1.82, 2.24) is 16.0 Å². The molecule has 0 saturated carbocycles. The molecule has 156 valence electrons. The van der Waals surface area contributed by atoms with Gasteiger partial charge < -0.3 is 10.1 Å². The Morgan fingerprint density at radius 1 is 0.966 bits per heavy atom. The number of amides is 3. The lowest BCUT2D eigenvalue weighted by Gasteiger charge is -2.22. The Labute approximate surface area is 168 Å². The Balaban J connectivity index is 2.08. The smallest absolute Gasteiger partial charge is 0.387 e. The molecule has 0 fully saturated rings. The predicted molar refractivity (Wildman–Crippen MR) is 106 cm³/mol. The van der Waals surface area contributed by atoms with E-state index in [1.807, 2.05) is 51.1 Å². The van der Waals surface area contributed by atoms with Gasteiger partial charge in [-0.2, -0.15) is 8.78 Å². The van der Waals surface area contributed by atoms with E-state index >= 15 is 0 Å². The third kappa shape index (κ3) is 7.87. The van der Waals surface area contributed by atoms with E-state index in [2.05, 4.69) is 20.7 Å². The number of carbonyl (C=O) groups excluding carboxylic acids is 2. The van der Waals surface area contributed by atoms with E-state index < -0.39 is 24.1 Å². The summed E-state index contributed by atoms with van der Waals surface area (Å²) in [6.45, 7) is 2.41. The highest BCUT2D eigenvalue weighted by Crippen LogP contribution is 2.24. The second-order valence-electron chi connectivity index (χ2n) is 7.42. The highest BCUT2D eigenvalue weighted by Gasteiger charge is 2.18. The molecular weight excluding hydrogens is 380 g/mol. The Bertz CT molecular complexity index is 806. The van der Waals surface area contributed by atoms with Crippen LogP contribution in [-0.4, -0.2) is 30.6 Å². The molecule has 0 spiro atoms. The first-order valence-electron chi connectivity index (χ1n) is 9.09. The number of hydrogen-bond donors (Lipinski definition) is 3. The van der Waals surface area contributed by atoms with Gasteiger partial charge in [-0.25, -0.2) is 4.79 Å². The summed E-state index contributed by atoms with van der Waals surface area (Å²) in [5.74, 6) is -0.447. The first-order valence-corrected chi connectivity index (χ1v) is 9.09. The van der Waals surface area contributed by atoms with Crippen LogP contribution in [0.5, 0.6) is 5.75 Å². The molecule has 6 nitrogen and oxygen atoms in total. The van der Waals surface area contributed by atoms with Gasteiger partial charge in [0.1, 0.15) is 5.75 Å². The highest BCUT2D eigenvalue weighted by atomic mass is 19.3. The maximum Gasteiger partial charge on any atom is 0.387 e. The quantitative estimate of drug-likeness (QED) is 0.658. The molecule has 0 aliphatic rings. The van der Waals surface area contributed by atoms with Gasteiger partial charge in [0.05, 0.1) is 12.6 Å². The van der Waals surface area contributed by atoms with Crippen molar-refractivity contribution in [3.8, 4) is 5.75 Å². The molecule has 0 saturated heterocycles. The normalized spacial score (nSPS) is 12.3. The Morgan fingerprint density at radius 2 is 1.55 bits per heavy atom. The summed E-state index contributed by atoms with van der Waals surface area (Å²) in [5, 5.41) is 8.02. The molecule has 3 amide bonds. The van der Waals surface area contributed by atoms with E-state index in [1.165, 1.54) is 12.1 Å². The average Bonchev–Trinajstić information content (AvgIpc) is 2.62. The van der Waals surface area contributed by atoms with Gasteiger partial charge in [0.2, 0.25) is 5.91 Å². The zero-order chi connectivity index (χ0) is 21.4. The molecule has 2 rings (SSSR count). The molecule has 0 aromatic heterocycles. The lowest BCUT2D eigenvalue weighted by Crippen LogP contribution is -2.50. The molecule has 0 bridgehead atoms. The van der Waals surface area contributed by atoms with E-state index in [9.17, 15) is 18.4 Å². The van der Waals surface area contributed by atoms with E-state index in [0.717, 1.165) is 11.1 Å². The molecule has 0 unspecified atom stereocenters. The summed E-state index contributed by atoms with van der Waals surface area (Å²) in [5.41, 5.74) is 1.17. The van der Waals surface area contributed by atoms with Crippen molar-refractivity contribution in [3.05, 3.63) is 65.7 Å². The fraction of sp³-hybridized carbons (Fsp3) is 0.333. The lowest BCUT2D eigenvalue weighted by atomic mass is 9.98. The molecule has 0 aliphatic heterocycles. The number of halogens is 2. The third-order valence-corrected chi connectivity index (χ3v) is 3.78. The number of ether oxygens (including phenoxy) is 1. The minimum absolute atomic E-state index is 0.0483. The van der Waals surface area contributed by atoms with Crippen molar-refractivity contribution < 1.29 is 23.1 Å². The van der Waals surface area contributed by atoms with Crippen molar-refractivity contribution in [3.63, 3.8) is 0 Å². The number of alkyl halides is 2. The molecule has 1 atom stereocenters. The van der Waals surface area contributed by atoms with Gasteiger partial charge in [-0.15, -0.1) is 0 Å². The Hall–Kier alpha value is -3.00. The molecule has 0 aliphatic carbocycles. The average molecular weight is 405 g/mol. The van der Waals surface area contributed by atoms with Crippen molar-refractivity contribution in [2.24, 2.45) is 0 Å². The molecule has 2 aromatic carbocycles. The number of rotatable bonds is 7. The van der Waals surface area contributed by atoms with Gasteiger partial charge >= 0.3 is 12.6 Å². The van der Waals surface area contributed by atoms with Crippen LogP contribution in [-0.2, 0) is 4.79 Å². The second kappa shape index (κ2) is 9.97. The van der Waals surface area contributed by atoms with E-state index in [0.29, 0.717) is 0 Å². The fourth-order valence-electron chi connectivity index (χ4n) is 2.65. The predicted octanol–water partition coefficient (Wildman–Crippen LogP) is 3.59. The van der Waals surface area contributed by atoms with Crippen molar-refractivity contribution in [2.45, 2.75) is 39.0 Å². The molecule has 2 aromatic rings. The van der Waals surface area contributed by atoms with Crippen LogP contribution in [0.3, 0.4) is 0 Å². The van der Waals surface area contributed by atoms with Crippen molar-refractivity contribution >= 4 is 11.9 Å². The van der Waals surface area contributed by atoms with Gasteiger partial charge in [-0.05, 0) is 44.0 Å². The van der Waals surface area contributed by atoms with Gasteiger partial charge in [-0.1, -0.05) is 42.5 Å². The van der Waals surface area contributed by atoms with Crippen LogP contribution in [0.1, 0.15) is 37.9 Å². The number of carbonyl (C=O) groups is 2. The molecular formula is C21H25F2N3O3. The van der Waals surface area contributed by atoms with Crippen LogP contribution in [0.25, 0.3) is 0 Å². The topological polar surface area (TPSA) is 79.5 Å². The summed E-state index contributed by atoms with van der Waals surface area (Å²) >= 11 is 0. The van der Waals surface area contributed by atoms with Gasteiger partial charge in [-0.3, -0.25) is 15.4 Å². The molecule has 0 radical (unpaired) electrons. The Morgan fingerprint density at radius 3 is 2.10 bits per heavy atom. The number of imide groups is 1. The van der Waals surface area contributed by atoms with E-state index in [-0.39, 0.29) is 18.3 Å².